The summed E-state index contributed by atoms with van der Waals surface area (Å²) in [6, 6.07) is 30.7. The van der Waals surface area contributed by atoms with Gasteiger partial charge in [0.25, 0.3) is 0 Å². The molecule has 1 amide bonds. The van der Waals surface area contributed by atoms with Crippen molar-refractivity contribution < 1.29 is 19.0 Å². The standard InChI is InChI=1S/C31H34N2O4/c1-22-17-32-27-26(18-33(32)31(22)34)28(35-19-23-11-5-2-6-12-23)30(37-21-25-15-9-4-10-16-25)29(27)36-20-24-13-7-3-8-14-24/h2-16,22,26-30H,17-21H2,1H3/t22-,26+,27-,28-,29+,30+/m1/s1. The van der Waals surface area contributed by atoms with Crippen LogP contribution >= 0.6 is 0 Å². The smallest absolute Gasteiger partial charge is 0.241 e. The highest BCUT2D eigenvalue weighted by Crippen LogP contribution is 2.45. The van der Waals surface area contributed by atoms with Gasteiger partial charge >= 0.3 is 0 Å². The molecule has 0 aromatic heterocycles. The van der Waals surface area contributed by atoms with Gasteiger partial charge in [0.05, 0.1) is 37.9 Å². The molecule has 37 heavy (non-hydrogen) atoms. The predicted molar refractivity (Wildman–Crippen MR) is 140 cm³/mol. The Morgan fingerprint density at radius 1 is 0.649 bits per heavy atom. The Balaban J connectivity index is 1.29. The fraction of sp³-hybridized carbons (Fsp3) is 0.387. The average Bonchev–Trinajstić information content (AvgIpc) is 3.54. The van der Waals surface area contributed by atoms with Crippen LogP contribution in [-0.2, 0) is 38.8 Å². The van der Waals surface area contributed by atoms with Crippen molar-refractivity contribution in [1.29, 1.82) is 0 Å². The zero-order valence-corrected chi connectivity index (χ0v) is 21.2. The summed E-state index contributed by atoms with van der Waals surface area (Å²) in [5, 5.41) is 4.17. The monoisotopic (exact) mass is 498 g/mol. The molecular formula is C31H34N2O4. The van der Waals surface area contributed by atoms with E-state index in [1.54, 1.807) is 0 Å². The number of ether oxygens (including phenoxy) is 3. The molecular weight excluding hydrogens is 464 g/mol. The minimum atomic E-state index is -0.254. The maximum Gasteiger partial charge on any atom is 0.241 e. The van der Waals surface area contributed by atoms with Gasteiger partial charge < -0.3 is 14.2 Å². The maximum atomic E-state index is 13.0. The van der Waals surface area contributed by atoms with Crippen molar-refractivity contribution in [3.8, 4) is 0 Å². The SMILES string of the molecule is C[C@@H]1CN2[C@@H]3[C@H](CN2C1=O)[C@@H](OCc1ccccc1)[C@H](OCc1ccccc1)[C@H]3OCc1ccccc1. The third-order valence-corrected chi connectivity index (χ3v) is 7.88. The first-order valence-corrected chi connectivity index (χ1v) is 13.2. The number of rotatable bonds is 9. The minimum Gasteiger partial charge on any atom is -0.370 e. The molecule has 6 nitrogen and oxygen atoms in total. The first-order valence-electron chi connectivity index (χ1n) is 13.2. The molecule has 6 rings (SSSR count). The van der Waals surface area contributed by atoms with Crippen LogP contribution in [0.1, 0.15) is 23.6 Å². The second-order valence-electron chi connectivity index (χ2n) is 10.4. The number of nitrogens with zero attached hydrogens (tertiary/aromatic N) is 2. The molecule has 6 atom stereocenters. The molecule has 1 aliphatic carbocycles. The van der Waals surface area contributed by atoms with Crippen molar-refractivity contribution in [3.63, 3.8) is 0 Å². The molecule has 0 radical (unpaired) electrons. The Labute approximate surface area is 218 Å². The fourth-order valence-electron chi connectivity index (χ4n) is 6.08. The van der Waals surface area contributed by atoms with Crippen LogP contribution < -0.4 is 0 Å². The molecule has 3 fully saturated rings. The van der Waals surface area contributed by atoms with Gasteiger partial charge in [-0.2, -0.15) is 0 Å². The summed E-state index contributed by atoms with van der Waals surface area (Å²) in [5.74, 6) is 0.296. The highest BCUT2D eigenvalue weighted by molar-refractivity contribution is 5.80. The number of amides is 1. The number of hydrazine groups is 1. The predicted octanol–water partition coefficient (Wildman–Crippen LogP) is 4.45. The van der Waals surface area contributed by atoms with Crippen LogP contribution in [0.5, 0.6) is 0 Å². The van der Waals surface area contributed by atoms with E-state index in [4.69, 9.17) is 14.2 Å². The Morgan fingerprint density at radius 2 is 1.11 bits per heavy atom. The van der Waals surface area contributed by atoms with Crippen LogP contribution in [0.3, 0.4) is 0 Å². The van der Waals surface area contributed by atoms with Gasteiger partial charge in [-0.1, -0.05) is 97.9 Å². The highest BCUT2D eigenvalue weighted by Gasteiger charge is 2.62. The molecule has 0 spiro atoms. The Kier molecular flexibility index (Phi) is 7.07. The maximum absolute atomic E-state index is 13.0. The van der Waals surface area contributed by atoms with E-state index >= 15 is 0 Å². The normalized spacial score (nSPS) is 29.0. The molecule has 3 aromatic rings. The van der Waals surface area contributed by atoms with E-state index in [0.717, 1.165) is 16.7 Å². The van der Waals surface area contributed by atoms with E-state index in [2.05, 4.69) is 41.4 Å². The van der Waals surface area contributed by atoms with Crippen LogP contribution in [-0.4, -0.2) is 53.4 Å². The number of hydrogen-bond acceptors (Lipinski definition) is 5. The van der Waals surface area contributed by atoms with Crippen molar-refractivity contribution in [1.82, 2.24) is 10.0 Å². The molecule has 192 valence electrons. The molecule has 3 aliphatic rings. The van der Waals surface area contributed by atoms with E-state index in [0.29, 0.717) is 32.9 Å². The molecule has 0 bridgehead atoms. The van der Waals surface area contributed by atoms with E-state index in [1.807, 2.05) is 66.5 Å². The van der Waals surface area contributed by atoms with Gasteiger partial charge in [-0.05, 0) is 16.7 Å². The summed E-state index contributed by atoms with van der Waals surface area (Å²) in [5.41, 5.74) is 3.36. The van der Waals surface area contributed by atoms with E-state index in [9.17, 15) is 4.79 Å². The van der Waals surface area contributed by atoms with Crippen molar-refractivity contribution in [3.05, 3.63) is 108 Å². The number of carbonyl (C=O) groups is 1. The Hall–Kier alpha value is -3.03. The van der Waals surface area contributed by atoms with E-state index < -0.39 is 0 Å². The van der Waals surface area contributed by atoms with Crippen molar-refractivity contribution in [2.75, 3.05) is 13.1 Å². The van der Waals surface area contributed by atoms with Crippen LogP contribution in [0.15, 0.2) is 91.0 Å². The minimum absolute atomic E-state index is 0.0105. The van der Waals surface area contributed by atoms with E-state index in [-0.39, 0.29) is 42.1 Å². The summed E-state index contributed by atoms with van der Waals surface area (Å²) in [7, 11) is 0. The number of fused-ring (bicyclic) bond motifs is 3. The lowest BCUT2D eigenvalue weighted by Gasteiger charge is -2.32. The van der Waals surface area contributed by atoms with Gasteiger partial charge in [-0.15, -0.1) is 0 Å². The molecule has 6 heteroatoms. The van der Waals surface area contributed by atoms with Gasteiger partial charge in [0, 0.05) is 19.0 Å². The molecule has 1 saturated carbocycles. The quantitative estimate of drug-likeness (QED) is 0.436. The van der Waals surface area contributed by atoms with Gasteiger partial charge in [-0.25, -0.2) is 5.01 Å². The molecule has 3 aromatic carbocycles. The number of carbonyl (C=O) groups excluding carboxylic acids is 1. The first-order chi connectivity index (χ1) is 18.2. The topological polar surface area (TPSA) is 51.2 Å². The van der Waals surface area contributed by atoms with Crippen LogP contribution in [0.25, 0.3) is 0 Å². The van der Waals surface area contributed by atoms with Gasteiger partial charge in [0.15, 0.2) is 0 Å². The summed E-state index contributed by atoms with van der Waals surface area (Å²) >= 11 is 0. The average molecular weight is 499 g/mol. The Morgan fingerprint density at radius 3 is 1.62 bits per heavy atom. The third-order valence-electron chi connectivity index (χ3n) is 7.88. The third kappa shape index (κ3) is 4.94. The second-order valence-corrected chi connectivity index (χ2v) is 10.4. The fourth-order valence-corrected chi connectivity index (χ4v) is 6.08. The second kappa shape index (κ2) is 10.8. The summed E-state index contributed by atoms with van der Waals surface area (Å²) in [4.78, 5) is 13.0. The summed E-state index contributed by atoms with van der Waals surface area (Å²) < 4.78 is 20.0. The molecule has 0 unspecified atom stereocenters. The lowest BCUT2D eigenvalue weighted by atomic mass is 10.0. The van der Waals surface area contributed by atoms with Crippen LogP contribution in [0.2, 0.25) is 0 Å². The summed E-state index contributed by atoms with van der Waals surface area (Å²) in [6.07, 6.45) is -0.669. The van der Waals surface area contributed by atoms with Crippen LogP contribution in [0, 0.1) is 11.8 Å². The van der Waals surface area contributed by atoms with Gasteiger partial charge in [-0.3, -0.25) is 9.80 Å². The molecule has 0 N–H and O–H groups in total. The molecule has 2 saturated heterocycles. The lowest BCUT2D eigenvalue weighted by Crippen LogP contribution is -2.47. The van der Waals surface area contributed by atoms with Gasteiger partial charge in [0.2, 0.25) is 5.91 Å². The van der Waals surface area contributed by atoms with Crippen LogP contribution in [0.4, 0.5) is 0 Å². The number of hydrogen-bond donors (Lipinski definition) is 0. The molecule has 2 heterocycles. The number of benzene rings is 3. The largest absolute Gasteiger partial charge is 0.370 e. The zero-order chi connectivity index (χ0) is 25.2. The van der Waals surface area contributed by atoms with Crippen molar-refractivity contribution >= 4 is 5.91 Å². The lowest BCUT2D eigenvalue weighted by molar-refractivity contribution is -0.153. The summed E-state index contributed by atoms with van der Waals surface area (Å²) in [6.45, 7) is 4.83. The zero-order valence-electron chi connectivity index (χ0n) is 21.2. The van der Waals surface area contributed by atoms with E-state index in [1.165, 1.54) is 0 Å². The molecule has 2 aliphatic heterocycles. The van der Waals surface area contributed by atoms with Gasteiger partial charge in [0.1, 0.15) is 12.2 Å². The Bertz CT molecular complexity index is 1180. The van der Waals surface area contributed by atoms with Crippen molar-refractivity contribution in [2.45, 2.75) is 51.1 Å². The van der Waals surface area contributed by atoms with Crippen molar-refractivity contribution in [2.24, 2.45) is 11.8 Å². The highest BCUT2D eigenvalue weighted by atomic mass is 16.6. The first kappa shape index (κ1) is 24.3.